The van der Waals surface area contributed by atoms with E-state index in [0.29, 0.717) is 11.3 Å². The minimum atomic E-state index is -0.264. The Balaban J connectivity index is 0.000000188. The Morgan fingerprint density at radius 3 is 2.47 bits per heavy atom. The largest absolute Gasteiger partial charge is 0.469 e. The van der Waals surface area contributed by atoms with Crippen molar-refractivity contribution in [1.29, 1.82) is 0 Å². The van der Waals surface area contributed by atoms with Gasteiger partial charge >= 0.3 is 5.97 Å². The Kier molecular flexibility index (Phi) is 11.5. The predicted octanol–water partition coefficient (Wildman–Crippen LogP) is 6.90. The Morgan fingerprint density at radius 2 is 2.00 bits per heavy atom. The van der Waals surface area contributed by atoms with Gasteiger partial charge in [-0.25, -0.2) is 4.99 Å². The Hall–Kier alpha value is -2.12. The predicted molar refractivity (Wildman–Crippen MR) is 135 cm³/mol. The second-order valence-electron chi connectivity index (χ2n) is 7.76. The number of carbonyl (C=O) groups excluding carboxylic acids is 2. The summed E-state index contributed by atoms with van der Waals surface area (Å²) in [6.45, 7) is 7.18. The van der Waals surface area contributed by atoms with E-state index in [9.17, 15) is 9.59 Å². The fourth-order valence-electron chi connectivity index (χ4n) is 3.77. The van der Waals surface area contributed by atoms with Crippen molar-refractivity contribution in [2.75, 3.05) is 7.11 Å². The maximum absolute atomic E-state index is 11.2. The van der Waals surface area contributed by atoms with E-state index in [1.165, 1.54) is 37.7 Å². The van der Waals surface area contributed by atoms with Crippen LogP contribution in [0.4, 0.5) is 0 Å². The van der Waals surface area contributed by atoms with Gasteiger partial charge in [-0.3, -0.25) is 13.6 Å². The molecule has 5 nitrogen and oxygen atoms in total. The van der Waals surface area contributed by atoms with E-state index in [2.05, 4.69) is 35.5 Å². The van der Waals surface area contributed by atoms with Gasteiger partial charge in [0.2, 0.25) is 0 Å². The number of nitrogens with zero attached hydrogens (tertiary/aromatic N) is 2. The maximum Gasteiger partial charge on any atom is 0.305 e. The first-order chi connectivity index (χ1) is 15.5. The number of amides is 1. The molecule has 0 spiro atoms. The van der Waals surface area contributed by atoms with Crippen molar-refractivity contribution in [3.05, 3.63) is 53.7 Å². The van der Waals surface area contributed by atoms with Gasteiger partial charge in [0.25, 0.3) is 5.91 Å². The third-order valence-corrected chi connectivity index (χ3v) is 7.86. The Labute approximate surface area is 200 Å². The molecule has 2 aromatic heterocycles. The lowest BCUT2D eigenvalue weighted by molar-refractivity contribution is -0.140. The zero-order valence-electron chi connectivity index (χ0n) is 19.2. The molecule has 2 heterocycles. The van der Waals surface area contributed by atoms with Gasteiger partial charge in [0.1, 0.15) is 0 Å². The molecule has 1 amide bonds. The average Bonchev–Trinajstić information content (AvgIpc) is 3.49. The second kappa shape index (κ2) is 14.1. The number of methoxy groups -OCH3 is 1. The van der Waals surface area contributed by atoms with Crippen LogP contribution < -0.4 is 0 Å². The fourth-order valence-corrected chi connectivity index (χ4v) is 5.69. The summed E-state index contributed by atoms with van der Waals surface area (Å²) in [6.07, 6.45) is 16.3. The van der Waals surface area contributed by atoms with Gasteiger partial charge in [-0.2, -0.15) is 0 Å². The summed E-state index contributed by atoms with van der Waals surface area (Å²) in [6, 6.07) is 7.59. The monoisotopic (exact) mass is 474 g/mol. The van der Waals surface area contributed by atoms with Crippen LogP contribution in [0.15, 0.2) is 58.0 Å². The molecule has 3 unspecified atom stereocenters. The summed E-state index contributed by atoms with van der Waals surface area (Å²) in [7, 11) is 1.38. The summed E-state index contributed by atoms with van der Waals surface area (Å²) in [5.74, 6) is 2.97. The highest BCUT2D eigenvalue weighted by molar-refractivity contribution is 7.99. The van der Waals surface area contributed by atoms with Crippen LogP contribution in [-0.2, 0) is 9.53 Å². The first kappa shape index (κ1) is 26.1. The van der Waals surface area contributed by atoms with Crippen LogP contribution in [0, 0.1) is 17.8 Å². The number of aliphatic imine (C=N–C) groups is 1. The van der Waals surface area contributed by atoms with E-state index >= 15 is 0 Å². The molecule has 0 N–H and O–H groups in total. The third-order valence-electron chi connectivity index (χ3n) is 5.75. The first-order valence-electron chi connectivity index (χ1n) is 11.2. The quantitative estimate of drug-likeness (QED) is 0.249. The Bertz CT molecular complexity index is 868. The molecule has 2 aliphatic carbocycles. The van der Waals surface area contributed by atoms with Crippen molar-refractivity contribution >= 4 is 41.9 Å². The number of hydrogen-bond donors (Lipinski definition) is 0. The highest BCUT2D eigenvalue weighted by atomic mass is 32.2. The maximum atomic E-state index is 11.2. The summed E-state index contributed by atoms with van der Waals surface area (Å²) >= 11 is 2.99. The van der Waals surface area contributed by atoms with Crippen LogP contribution in [0.25, 0.3) is 0 Å². The van der Waals surface area contributed by atoms with Crippen LogP contribution >= 0.6 is 23.3 Å². The van der Waals surface area contributed by atoms with E-state index in [4.69, 9.17) is 0 Å². The number of aromatic nitrogens is 1. The van der Waals surface area contributed by atoms with Gasteiger partial charge in [-0.15, -0.1) is 11.3 Å². The lowest BCUT2D eigenvalue weighted by atomic mass is 9.52. The molecule has 174 valence electrons. The summed E-state index contributed by atoms with van der Waals surface area (Å²) in [4.78, 5) is 25.2. The average molecular weight is 475 g/mol. The smallest absolute Gasteiger partial charge is 0.305 e. The number of carbonyl (C=O) groups is 2. The molecular formula is C25H34N2O3S2. The molecule has 32 heavy (non-hydrogen) atoms. The van der Waals surface area contributed by atoms with Crippen molar-refractivity contribution in [2.45, 2.75) is 56.6 Å². The minimum absolute atomic E-state index is 0.157. The number of thiophene rings is 1. The fraction of sp³-hybridized carbons (Fsp3) is 0.480. The number of fused-ring (bicyclic) bond motifs is 1. The van der Waals surface area contributed by atoms with Crippen LogP contribution in [-0.4, -0.2) is 29.7 Å². The molecule has 7 heteroatoms. The summed E-state index contributed by atoms with van der Waals surface area (Å²) < 4.78 is 7.29. The van der Waals surface area contributed by atoms with E-state index in [1.807, 2.05) is 34.6 Å². The van der Waals surface area contributed by atoms with Crippen molar-refractivity contribution < 1.29 is 14.3 Å². The van der Waals surface area contributed by atoms with E-state index < -0.39 is 0 Å². The van der Waals surface area contributed by atoms with Crippen molar-refractivity contribution in [3.8, 4) is 0 Å². The van der Waals surface area contributed by atoms with Gasteiger partial charge in [0.15, 0.2) is 0 Å². The molecule has 0 radical (unpaired) electrons. The normalized spacial score (nSPS) is 20.4. The number of ether oxygens (including phenoxy) is 1. The highest BCUT2D eigenvalue weighted by Gasteiger charge is 2.45. The molecule has 2 fully saturated rings. The van der Waals surface area contributed by atoms with Gasteiger partial charge in [0.05, 0.1) is 16.2 Å². The van der Waals surface area contributed by atoms with Crippen molar-refractivity contribution in [3.63, 3.8) is 0 Å². The van der Waals surface area contributed by atoms with Gasteiger partial charge in [0, 0.05) is 30.8 Å². The van der Waals surface area contributed by atoms with Gasteiger partial charge in [-0.05, 0) is 80.8 Å². The number of esters is 1. The van der Waals surface area contributed by atoms with Gasteiger partial charge < -0.3 is 4.74 Å². The van der Waals surface area contributed by atoms with Crippen LogP contribution in [0.5, 0.6) is 0 Å². The van der Waals surface area contributed by atoms with Gasteiger partial charge in [-0.1, -0.05) is 26.0 Å². The molecular weight excluding hydrogens is 440 g/mol. The lowest BCUT2D eigenvalue weighted by Gasteiger charge is -2.53. The standard InChI is InChI=1S/C11H18.C10H8N2OS2.C4H8O2/c1-2-3-4-5-9-8-10-6-7-11(9)10;1-11-10(13)8-4-5-9(14-8)15-12-6-2-3-7-12;1-3-4(5)6-2/h3-4,9-11H,2,5-8H2,1H3;2-7H,1H2;3H2,1-2H3/b4-3-;;. The van der Waals surface area contributed by atoms with E-state index in [1.54, 1.807) is 37.8 Å². The van der Waals surface area contributed by atoms with Crippen LogP contribution in [0.1, 0.15) is 62.0 Å². The molecule has 2 saturated carbocycles. The highest BCUT2D eigenvalue weighted by Crippen LogP contribution is 2.55. The summed E-state index contributed by atoms with van der Waals surface area (Å²) in [5, 5.41) is 0. The van der Waals surface area contributed by atoms with Crippen LogP contribution in [0.2, 0.25) is 0 Å². The first-order valence-corrected chi connectivity index (χ1v) is 12.7. The number of rotatable bonds is 7. The van der Waals surface area contributed by atoms with Crippen molar-refractivity contribution in [2.24, 2.45) is 22.7 Å². The molecule has 0 aromatic carbocycles. The molecule has 2 aliphatic rings. The van der Waals surface area contributed by atoms with Crippen LogP contribution in [0.3, 0.4) is 0 Å². The van der Waals surface area contributed by atoms with Crippen molar-refractivity contribution in [1.82, 2.24) is 3.97 Å². The number of hydrogen-bond acceptors (Lipinski definition) is 5. The van der Waals surface area contributed by atoms with E-state index in [-0.39, 0.29) is 11.9 Å². The Morgan fingerprint density at radius 1 is 1.25 bits per heavy atom. The van der Waals surface area contributed by atoms with E-state index in [0.717, 1.165) is 22.0 Å². The second-order valence-corrected chi connectivity index (χ2v) is 10.1. The number of allylic oxidation sites excluding steroid dienone is 2. The zero-order chi connectivity index (χ0) is 23.3. The third kappa shape index (κ3) is 8.10. The molecule has 3 atom stereocenters. The molecule has 0 bridgehead atoms. The molecule has 4 rings (SSSR count). The molecule has 2 aromatic rings. The molecule has 0 saturated heterocycles. The topological polar surface area (TPSA) is 60.7 Å². The molecule has 0 aliphatic heterocycles. The zero-order valence-corrected chi connectivity index (χ0v) is 20.9. The SMILES string of the molecule is C=NC(=O)c1ccc(Sn2cccc2)s1.CC/C=C\CC1CC2CCC12.CCC(=O)OC. The summed E-state index contributed by atoms with van der Waals surface area (Å²) in [5.41, 5.74) is 0. The lowest BCUT2D eigenvalue weighted by Crippen LogP contribution is -2.43. The minimum Gasteiger partial charge on any atom is -0.469 e.